The highest BCUT2D eigenvalue weighted by Gasteiger charge is 2.22. The minimum absolute atomic E-state index is 0.188. The molecule has 0 aliphatic heterocycles. The molecule has 1 atom stereocenters. The second-order valence-electron chi connectivity index (χ2n) is 5.60. The van der Waals surface area contributed by atoms with E-state index >= 15 is 0 Å². The number of amides is 3. The van der Waals surface area contributed by atoms with Gasteiger partial charge in [0, 0.05) is 5.56 Å². The Kier molecular flexibility index (Phi) is 7.81. The number of nitrogens with one attached hydrogen (secondary N) is 3. The predicted molar refractivity (Wildman–Crippen MR) is 103 cm³/mol. The van der Waals surface area contributed by atoms with Crippen molar-refractivity contribution in [3.8, 4) is 0 Å². The summed E-state index contributed by atoms with van der Waals surface area (Å²) in [6.45, 7) is 0. The molecule has 27 heavy (non-hydrogen) atoms. The van der Waals surface area contributed by atoms with E-state index in [1.807, 2.05) is 6.26 Å². The van der Waals surface area contributed by atoms with Gasteiger partial charge in [-0.2, -0.15) is 11.8 Å². The summed E-state index contributed by atoms with van der Waals surface area (Å²) in [5, 5.41) is 2.65. The van der Waals surface area contributed by atoms with E-state index < -0.39 is 29.6 Å². The summed E-state index contributed by atoms with van der Waals surface area (Å²) < 4.78 is 13.6. The Hall–Kier alpha value is -2.87. The van der Waals surface area contributed by atoms with Crippen LogP contribution in [0, 0.1) is 5.82 Å². The molecular formula is C19H20FN3O3S. The van der Waals surface area contributed by atoms with Crippen molar-refractivity contribution >= 4 is 29.5 Å². The average Bonchev–Trinajstić information content (AvgIpc) is 2.69. The van der Waals surface area contributed by atoms with Gasteiger partial charge in [-0.15, -0.1) is 0 Å². The Balaban J connectivity index is 1.98. The summed E-state index contributed by atoms with van der Waals surface area (Å²) >= 11 is 1.53. The molecule has 2 rings (SSSR count). The molecule has 0 heterocycles. The molecule has 2 aromatic rings. The van der Waals surface area contributed by atoms with Crippen LogP contribution in [0.25, 0.3) is 0 Å². The quantitative estimate of drug-likeness (QED) is 0.633. The Morgan fingerprint density at radius 1 is 0.963 bits per heavy atom. The molecule has 0 saturated heterocycles. The number of halogens is 1. The number of carbonyl (C=O) groups is 3. The number of hydrogen-bond acceptors (Lipinski definition) is 4. The highest BCUT2D eigenvalue weighted by atomic mass is 32.2. The van der Waals surface area contributed by atoms with Crippen molar-refractivity contribution in [2.24, 2.45) is 0 Å². The number of benzene rings is 2. The van der Waals surface area contributed by atoms with Crippen molar-refractivity contribution in [2.75, 3.05) is 12.0 Å². The van der Waals surface area contributed by atoms with Gasteiger partial charge in [0.25, 0.3) is 17.7 Å². The van der Waals surface area contributed by atoms with Gasteiger partial charge in [-0.25, -0.2) is 4.39 Å². The number of carbonyl (C=O) groups excluding carboxylic acids is 3. The van der Waals surface area contributed by atoms with E-state index in [1.165, 1.54) is 30.0 Å². The monoisotopic (exact) mass is 389 g/mol. The van der Waals surface area contributed by atoms with Gasteiger partial charge in [0.1, 0.15) is 11.9 Å². The van der Waals surface area contributed by atoms with Gasteiger partial charge >= 0.3 is 0 Å². The fourth-order valence-corrected chi connectivity index (χ4v) is 2.73. The van der Waals surface area contributed by atoms with Gasteiger partial charge in [-0.05, 0) is 42.7 Å². The van der Waals surface area contributed by atoms with Gasteiger partial charge in [0.05, 0.1) is 5.56 Å². The van der Waals surface area contributed by atoms with E-state index in [0.717, 1.165) is 6.07 Å². The van der Waals surface area contributed by atoms with Crippen molar-refractivity contribution in [1.29, 1.82) is 0 Å². The van der Waals surface area contributed by atoms with Crippen LogP contribution in [0.4, 0.5) is 4.39 Å². The van der Waals surface area contributed by atoms with Crippen LogP contribution >= 0.6 is 11.8 Å². The van der Waals surface area contributed by atoms with E-state index in [2.05, 4.69) is 16.2 Å². The number of thioether (sulfide) groups is 1. The summed E-state index contributed by atoms with van der Waals surface area (Å²) in [5.74, 6) is -1.82. The number of hydrogen-bond donors (Lipinski definition) is 3. The first-order valence-corrected chi connectivity index (χ1v) is 9.62. The molecule has 0 saturated carbocycles. The lowest BCUT2D eigenvalue weighted by Crippen LogP contribution is -2.52. The van der Waals surface area contributed by atoms with Gasteiger partial charge in [-0.1, -0.05) is 30.3 Å². The van der Waals surface area contributed by atoms with Crippen molar-refractivity contribution in [2.45, 2.75) is 12.5 Å². The summed E-state index contributed by atoms with van der Waals surface area (Å²) in [4.78, 5) is 36.7. The average molecular weight is 389 g/mol. The van der Waals surface area contributed by atoms with Gasteiger partial charge in [-0.3, -0.25) is 25.2 Å². The van der Waals surface area contributed by atoms with E-state index in [-0.39, 0.29) is 5.56 Å². The smallest absolute Gasteiger partial charge is 0.272 e. The van der Waals surface area contributed by atoms with Crippen molar-refractivity contribution in [1.82, 2.24) is 16.2 Å². The summed E-state index contributed by atoms with van der Waals surface area (Å²) in [6.07, 6.45) is 2.26. The third kappa shape index (κ3) is 6.10. The number of rotatable bonds is 7. The molecule has 0 radical (unpaired) electrons. The van der Waals surface area contributed by atoms with E-state index in [4.69, 9.17) is 0 Å². The Morgan fingerprint density at radius 2 is 1.63 bits per heavy atom. The lowest BCUT2D eigenvalue weighted by Gasteiger charge is -2.18. The molecule has 6 nitrogen and oxygen atoms in total. The fraction of sp³-hybridized carbons (Fsp3) is 0.211. The molecule has 0 aliphatic rings. The Bertz CT molecular complexity index is 802. The summed E-state index contributed by atoms with van der Waals surface area (Å²) in [6, 6.07) is 13.1. The molecule has 2 aromatic carbocycles. The highest BCUT2D eigenvalue weighted by Crippen LogP contribution is 2.06. The molecule has 8 heteroatoms. The Labute approximate surface area is 160 Å². The molecule has 0 aliphatic carbocycles. The third-order valence-corrected chi connectivity index (χ3v) is 4.33. The maximum Gasteiger partial charge on any atom is 0.272 e. The fourth-order valence-electron chi connectivity index (χ4n) is 2.25. The molecule has 3 N–H and O–H groups in total. The molecular weight excluding hydrogens is 369 g/mol. The molecule has 0 unspecified atom stereocenters. The van der Waals surface area contributed by atoms with E-state index in [0.29, 0.717) is 17.7 Å². The topological polar surface area (TPSA) is 87.3 Å². The standard InChI is InChI=1S/C19H20FN3O3S/c1-27-12-11-16(21-17(24)13-7-3-2-4-8-13)19(26)23-22-18(25)14-9-5-6-10-15(14)20/h2-10,16H,11-12H2,1H3,(H,21,24)(H,22,25)(H,23,26)/t16-/m1/s1. The highest BCUT2D eigenvalue weighted by molar-refractivity contribution is 7.98. The first kappa shape index (κ1) is 20.4. The van der Waals surface area contributed by atoms with Crippen LogP contribution in [0.2, 0.25) is 0 Å². The summed E-state index contributed by atoms with van der Waals surface area (Å²) in [7, 11) is 0. The van der Waals surface area contributed by atoms with Crippen molar-refractivity contribution < 1.29 is 18.8 Å². The van der Waals surface area contributed by atoms with Crippen LogP contribution in [-0.4, -0.2) is 35.8 Å². The van der Waals surface area contributed by atoms with E-state index in [9.17, 15) is 18.8 Å². The minimum Gasteiger partial charge on any atom is -0.340 e. The first-order valence-electron chi connectivity index (χ1n) is 8.22. The SMILES string of the molecule is CSCC[C@@H](NC(=O)c1ccccc1)C(=O)NNC(=O)c1ccccc1F. The molecule has 3 amide bonds. The van der Waals surface area contributed by atoms with Crippen molar-refractivity contribution in [3.63, 3.8) is 0 Å². The normalized spacial score (nSPS) is 11.3. The van der Waals surface area contributed by atoms with Gasteiger partial charge < -0.3 is 5.32 Å². The van der Waals surface area contributed by atoms with Crippen LogP contribution in [0.1, 0.15) is 27.1 Å². The van der Waals surface area contributed by atoms with Crippen LogP contribution < -0.4 is 16.2 Å². The number of hydrazine groups is 1. The molecule has 0 spiro atoms. The zero-order valence-electron chi connectivity index (χ0n) is 14.7. The molecule has 0 bridgehead atoms. The maximum atomic E-state index is 13.6. The first-order chi connectivity index (χ1) is 13.0. The van der Waals surface area contributed by atoms with Crippen LogP contribution in [0.15, 0.2) is 54.6 Å². The lowest BCUT2D eigenvalue weighted by atomic mass is 10.1. The predicted octanol–water partition coefficient (Wildman–Crippen LogP) is 2.14. The maximum absolute atomic E-state index is 13.6. The van der Waals surface area contributed by atoms with Crippen LogP contribution in [0.3, 0.4) is 0 Å². The lowest BCUT2D eigenvalue weighted by molar-refractivity contribution is -0.123. The molecule has 142 valence electrons. The zero-order valence-corrected chi connectivity index (χ0v) is 15.5. The van der Waals surface area contributed by atoms with Gasteiger partial charge in [0.15, 0.2) is 0 Å². The zero-order chi connectivity index (χ0) is 19.6. The van der Waals surface area contributed by atoms with Crippen LogP contribution in [-0.2, 0) is 4.79 Å². The third-order valence-electron chi connectivity index (χ3n) is 3.69. The summed E-state index contributed by atoms with van der Waals surface area (Å²) in [5.41, 5.74) is 4.66. The van der Waals surface area contributed by atoms with Crippen molar-refractivity contribution in [3.05, 3.63) is 71.5 Å². The molecule has 0 aromatic heterocycles. The largest absolute Gasteiger partial charge is 0.340 e. The van der Waals surface area contributed by atoms with Gasteiger partial charge in [0.2, 0.25) is 0 Å². The second-order valence-corrected chi connectivity index (χ2v) is 6.58. The Morgan fingerprint density at radius 3 is 2.30 bits per heavy atom. The molecule has 0 fully saturated rings. The van der Waals surface area contributed by atoms with E-state index in [1.54, 1.807) is 30.3 Å². The second kappa shape index (κ2) is 10.3. The minimum atomic E-state index is -0.842. The van der Waals surface area contributed by atoms with Crippen LogP contribution in [0.5, 0.6) is 0 Å².